The maximum atomic E-state index is 12.2. The van der Waals surface area contributed by atoms with E-state index in [0.29, 0.717) is 0 Å². The number of alkyl halides is 3. The summed E-state index contributed by atoms with van der Waals surface area (Å²) in [5, 5.41) is 9.47. The molecule has 106 valence electrons. The zero-order valence-electron chi connectivity index (χ0n) is 9.82. The third kappa shape index (κ3) is 4.28. The second-order valence-electron chi connectivity index (χ2n) is 3.42. The molecule has 1 rings (SSSR count). The molecule has 0 saturated heterocycles. The molecular formula is C10H11F3N2O4. The topological polar surface area (TPSA) is 94.7 Å². The lowest BCUT2D eigenvalue weighted by Crippen LogP contribution is -2.20. The number of halogens is 3. The average Bonchev–Trinajstić information content (AvgIpc) is 2.30. The molecular weight excluding hydrogens is 269 g/mol. The molecule has 19 heavy (non-hydrogen) atoms. The lowest BCUT2D eigenvalue weighted by atomic mass is 10.1. The van der Waals surface area contributed by atoms with Crippen molar-refractivity contribution in [3.05, 3.63) is 17.3 Å². The number of aromatic nitrogens is 1. The Bertz CT molecular complexity index is 477. The van der Waals surface area contributed by atoms with Crippen molar-refractivity contribution in [2.75, 3.05) is 7.11 Å². The van der Waals surface area contributed by atoms with Crippen LogP contribution in [-0.2, 0) is 22.5 Å². The van der Waals surface area contributed by atoms with Crippen LogP contribution in [0.5, 0.6) is 11.6 Å². The normalized spacial score (nSPS) is 11.2. The van der Waals surface area contributed by atoms with Crippen molar-refractivity contribution in [3.63, 3.8) is 0 Å². The van der Waals surface area contributed by atoms with Crippen molar-refractivity contribution in [1.29, 1.82) is 0 Å². The highest BCUT2D eigenvalue weighted by atomic mass is 19.4. The minimum absolute atomic E-state index is 0.173. The molecule has 9 heteroatoms. The third-order valence-electron chi connectivity index (χ3n) is 2.09. The van der Waals surface area contributed by atoms with Crippen LogP contribution in [0.1, 0.15) is 11.3 Å². The zero-order valence-corrected chi connectivity index (χ0v) is 9.82. The van der Waals surface area contributed by atoms with Crippen molar-refractivity contribution in [2.24, 2.45) is 5.73 Å². The van der Waals surface area contributed by atoms with E-state index >= 15 is 0 Å². The van der Waals surface area contributed by atoms with Gasteiger partial charge in [-0.3, -0.25) is 4.79 Å². The van der Waals surface area contributed by atoms with Gasteiger partial charge in [-0.25, -0.2) is 4.98 Å². The molecule has 1 aromatic rings. The molecule has 0 spiro atoms. The first-order valence-corrected chi connectivity index (χ1v) is 5.01. The third-order valence-corrected chi connectivity index (χ3v) is 2.09. The maximum absolute atomic E-state index is 12.2. The summed E-state index contributed by atoms with van der Waals surface area (Å²) in [5.74, 6) is -2.05. The Morgan fingerprint density at radius 1 is 1.53 bits per heavy atom. The van der Waals surface area contributed by atoms with Gasteiger partial charge in [-0.1, -0.05) is 0 Å². The monoisotopic (exact) mass is 280 g/mol. The van der Waals surface area contributed by atoms with E-state index < -0.39 is 30.4 Å². The molecule has 0 aromatic carbocycles. The van der Waals surface area contributed by atoms with Gasteiger partial charge in [0.25, 0.3) is 0 Å². The number of ether oxygens (including phenoxy) is 2. The van der Waals surface area contributed by atoms with Gasteiger partial charge in [-0.05, 0) is 6.07 Å². The van der Waals surface area contributed by atoms with Crippen LogP contribution in [0.15, 0.2) is 6.07 Å². The second kappa shape index (κ2) is 5.74. The molecule has 0 bridgehead atoms. The van der Waals surface area contributed by atoms with E-state index in [-0.39, 0.29) is 17.8 Å². The van der Waals surface area contributed by atoms with Gasteiger partial charge in [-0.2, -0.15) is 0 Å². The molecule has 0 unspecified atom stereocenters. The quantitative estimate of drug-likeness (QED) is 0.794. The molecule has 0 radical (unpaired) electrons. The summed E-state index contributed by atoms with van der Waals surface area (Å²) in [4.78, 5) is 14.5. The first-order valence-electron chi connectivity index (χ1n) is 5.01. The smallest absolute Gasteiger partial charge is 0.506 e. The van der Waals surface area contributed by atoms with Crippen LogP contribution in [0.3, 0.4) is 0 Å². The number of aromatic hydroxyl groups is 1. The fourth-order valence-corrected chi connectivity index (χ4v) is 1.26. The molecule has 0 aliphatic rings. The lowest BCUT2D eigenvalue weighted by Gasteiger charge is -2.13. The van der Waals surface area contributed by atoms with Crippen LogP contribution in [0.25, 0.3) is 0 Å². The minimum atomic E-state index is -4.97. The van der Waals surface area contributed by atoms with Gasteiger partial charge in [0.05, 0.1) is 19.2 Å². The zero-order chi connectivity index (χ0) is 14.6. The summed E-state index contributed by atoms with van der Waals surface area (Å²) in [6, 6.07) is 0.938. The Labute approximate surface area is 105 Å². The van der Waals surface area contributed by atoms with Gasteiger partial charge >= 0.3 is 12.3 Å². The van der Waals surface area contributed by atoms with Crippen molar-refractivity contribution in [3.8, 4) is 11.6 Å². The highest BCUT2D eigenvalue weighted by molar-refractivity contribution is 5.73. The number of rotatable bonds is 4. The Balaban J connectivity index is 3.18. The highest BCUT2D eigenvalue weighted by Gasteiger charge is 2.33. The Kier molecular flexibility index (Phi) is 4.54. The lowest BCUT2D eigenvalue weighted by molar-refractivity contribution is -0.276. The van der Waals surface area contributed by atoms with Crippen LogP contribution < -0.4 is 10.5 Å². The summed E-state index contributed by atoms with van der Waals surface area (Å²) in [5.41, 5.74) is 4.79. The van der Waals surface area contributed by atoms with E-state index in [1.54, 1.807) is 0 Å². The van der Waals surface area contributed by atoms with E-state index in [0.717, 1.165) is 13.2 Å². The number of nitrogens with two attached hydrogens (primary N) is 1. The van der Waals surface area contributed by atoms with Crippen LogP contribution in [0, 0.1) is 0 Å². The number of hydrogen-bond donors (Lipinski definition) is 2. The number of esters is 1. The molecule has 0 amide bonds. The summed E-state index contributed by atoms with van der Waals surface area (Å²) in [6.45, 7) is -0.279. The van der Waals surface area contributed by atoms with Gasteiger partial charge in [0.15, 0.2) is 0 Å². The number of carbonyl (C=O) groups is 1. The SMILES string of the molecule is COC(=O)Cc1cc(O)c(CN)nc1OC(F)(F)F. The van der Waals surface area contributed by atoms with Crippen LogP contribution in [0.4, 0.5) is 13.2 Å². The van der Waals surface area contributed by atoms with Crippen LogP contribution >= 0.6 is 0 Å². The number of methoxy groups -OCH3 is 1. The van der Waals surface area contributed by atoms with Crippen LogP contribution in [0.2, 0.25) is 0 Å². The molecule has 1 heterocycles. The molecule has 3 N–H and O–H groups in total. The number of nitrogens with zero attached hydrogens (tertiary/aromatic N) is 1. The molecule has 6 nitrogen and oxygen atoms in total. The largest absolute Gasteiger partial charge is 0.574 e. The molecule has 1 aromatic heterocycles. The standard InChI is InChI=1S/C10H11F3N2O4/c1-18-8(17)3-5-2-7(16)6(4-14)15-9(5)19-10(11,12)13/h2,16H,3-4,14H2,1H3. The van der Waals surface area contributed by atoms with E-state index in [1.165, 1.54) is 0 Å². The Morgan fingerprint density at radius 3 is 2.63 bits per heavy atom. The van der Waals surface area contributed by atoms with Gasteiger partial charge < -0.3 is 20.3 Å². The molecule has 0 aliphatic heterocycles. The summed E-state index contributed by atoms with van der Waals surface area (Å²) < 4.78 is 44.6. The second-order valence-corrected chi connectivity index (χ2v) is 3.42. The van der Waals surface area contributed by atoms with E-state index in [1.807, 2.05) is 0 Å². The average molecular weight is 280 g/mol. The fourth-order valence-electron chi connectivity index (χ4n) is 1.26. The summed E-state index contributed by atoms with van der Waals surface area (Å²) >= 11 is 0. The first kappa shape index (κ1) is 15.0. The Hall–Kier alpha value is -2.03. The van der Waals surface area contributed by atoms with E-state index in [9.17, 15) is 23.1 Å². The van der Waals surface area contributed by atoms with Gasteiger partial charge in [0.2, 0.25) is 5.88 Å². The van der Waals surface area contributed by atoms with Crippen molar-refractivity contribution >= 4 is 5.97 Å². The molecule has 0 fully saturated rings. The van der Waals surface area contributed by atoms with Crippen molar-refractivity contribution < 1.29 is 32.5 Å². The highest BCUT2D eigenvalue weighted by Crippen LogP contribution is 2.29. The number of carbonyl (C=O) groups excluding carboxylic acids is 1. The van der Waals surface area contributed by atoms with Crippen molar-refractivity contribution in [2.45, 2.75) is 19.3 Å². The summed E-state index contributed by atoms with van der Waals surface area (Å²) in [7, 11) is 1.08. The maximum Gasteiger partial charge on any atom is 0.574 e. The van der Waals surface area contributed by atoms with Crippen molar-refractivity contribution in [1.82, 2.24) is 4.98 Å². The predicted molar refractivity (Wildman–Crippen MR) is 56.2 cm³/mol. The van der Waals surface area contributed by atoms with E-state index in [4.69, 9.17) is 5.73 Å². The number of pyridine rings is 1. The fraction of sp³-hybridized carbons (Fsp3) is 0.400. The first-order chi connectivity index (χ1) is 8.76. The van der Waals surface area contributed by atoms with Gasteiger partial charge in [-0.15, -0.1) is 13.2 Å². The van der Waals surface area contributed by atoms with Gasteiger partial charge in [0.1, 0.15) is 5.75 Å². The summed E-state index contributed by atoms with van der Waals surface area (Å²) in [6.07, 6.45) is -5.49. The molecule has 0 aliphatic carbocycles. The Morgan fingerprint density at radius 2 is 2.16 bits per heavy atom. The minimum Gasteiger partial charge on any atom is -0.506 e. The van der Waals surface area contributed by atoms with Gasteiger partial charge in [0, 0.05) is 12.1 Å². The van der Waals surface area contributed by atoms with E-state index in [2.05, 4.69) is 14.5 Å². The molecule has 0 saturated carbocycles. The molecule has 0 atom stereocenters. The predicted octanol–water partition coefficient (Wildman–Crippen LogP) is 0.860. The number of hydrogen-bond acceptors (Lipinski definition) is 6. The van der Waals surface area contributed by atoms with Crippen LogP contribution in [-0.4, -0.2) is 29.5 Å².